The topological polar surface area (TPSA) is 43.4 Å². The smallest absolute Gasteiger partial charge is 0.302 e. The molecule has 0 bridgehead atoms. The number of carbonyl (C=O) groups excluding carboxylic acids is 2. The lowest BCUT2D eigenvalue weighted by molar-refractivity contribution is -0.144. The summed E-state index contributed by atoms with van der Waals surface area (Å²) in [5.41, 5.74) is 1.15. The Morgan fingerprint density at radius 2 is 2.07 bits per heavy atom. The van der Waals surface area contributed by atoms with Crippen molar-refractivity contribution in [1.29, 1.82) is 0 Å². The van der Waals surface area contributed by atoms with E-state index in [9.17, 15) is 9.59 Å². The monoisotopic (exact) mass is 210 g/mol. The molecule has 1 rings (SSSR count). The highest BCUT2D eigenvalue weighted by Crippen LogP contribution is 2.50. The van der Waals surface area contributed by atoms with Gasteiger partial charge in [-0.15, -0.1) is 0 Å². The van der Waals surface area contributed by atoms with Gasteiger partial charge >= 0.3 is 5.97 Å². The molecule has 0 spiro atoms. The molecule has 0 amide bonds. The van der Waals surface area contributed by atoms with E-state index >= 15 is 0 Å². The van der Waals surface area contributed by atoms with Crippen LogP contribution in [0.2, 0.25) is 0 Å². The minimum absolute atomic E-state index is 0.0128. The van der Waals surface area contributed by atoms with Crippen LogP contribution in [0.4, 0.5) is 0 Å². The second-order valence-corrected chi connectivity index (χ2v) is 4.71. The van der Waals surface area contributed by atoms with E-state index in [0.29, 0.717) is 12.5 Å². The summed E-state index contributed by atoms with van der Waals surface area (Å²) in [7, 11) is 0. The lowest BCUT2D eigenvalue weighted by atomic mass is 9.59. The zero-order chi connectivity index (χ0) is 11.6. The third-order valence-corrected chi connectivity index (χ3v) is 3.18. The van der Waals surface area contributed by atoms with Crippen molar-refractivity contribution >= 4 is 11.8 Å². The first-order valence-corrected chi connectivity index (χ1v) is 5.19. The first kappa shape index (κ1) is 12.0. The molecule has 1 fully saturated rings. The molecule has 1 atom stereocenters. The number of carbonyl (C=O) groups is 2. The molecule has 0 N–H and O–H groups in total. The Morgan fingerprint density at radius 1 is 1.47 bits per heavy atom. The SMILES string of the molecule is CC(=O)C=C1CC(COC(C)=O)C1(C)C. The summed E-state index contributed by atoms with van der Waals surface area (Å²) in [4.78, 5) is 21.6. The van der Waals surface area contributed by atoms with Gasteiger partial charge in [-0.05, 0) is 24.8 Å². The molecule has 0 radical (unpaired) electrons. The fourth-order valence-corrected chi connectivity index (χ4v) is 1.89. The van der Waals surface area contributed by atoms with Gasteiger partial charge in [0, 0.05) is 12.8 Å². The number of hydrogen-bond acceptors (Lipinski definition) is 3. The van der Waals surface area contributed by atoms with Gasteiger partial charge in [0.05, 0.1) is 6.61 Å². The Balaban J connectivity index is 2.55. The second-order valence-electron chi connectivity index (χ2n) is 4.71. The number of ketones is 1. The first-order valence-electron chi connectivity index (χ1n) is 5.19. The summed E-state index contributed by atoms with van der Waals surface area (Å²) in [6.45, 7) is 7.59. The highest BCUT2D eigenvalue weighted by atomic mass is 16.5. The summed E-state index contributed by atoms with van der Waals surface area (Å²) in [5.74, 6) is 0.186. The van der Waals surface area contributed by atoms with Crippen LogP contribution in [0.3, 0.4) is 0 Å². The largest absolute Gasteiger partial charge is 0.466 e. The summed E-state index contributed by atoms with van der Waals surface area (Å²) in [6, 6.07) is 0. The zero-order valence-corrected chi connectivity index (χ0v) is 9.79. The maximum atomic E-state index is 10.9. The predicted octanol–water partition coefficient (Wildman–Crippen LogP) is 2.11. The van der Waals surface area contributed by atoms with Crippen molar-refractivity contribution in [2.45, 2.75) is 34.1 Å². The minimum Gasteiger partial charge on any atom is -0.466 e. The standard InChI is InChI=1S/C12H18O3/c1-8(13)5-10-6-11(12(10,3)4)7-15-9(2)14/h5,11H,6-7H2,1-4H3. The molecule has 1 aliphatic rings. The Bertz CT molecular complexity index is 313. The van der Waals surface area contributed by atoms with Crippen molar-refractivity contribution in [3.8, 4) is 0 Å². The van der Waals surface area contributed by atoms with Gasteiger partial charge < -0.3 is 4.74 Å². The Kier molecular flexibility index (Phi) is 3.32. The Morgan fingerprint density at radius 3 is 2.47 bits per heavy atom. The average molecular weight is 210 g/mol. The van der Waals surface area contributed by atoms with E-state index in [0.717, 1.165) is 12.0 Å². The van der Waals surface area contributed by atoms with E-state index in [-0.39, 0.29) is 17.2 Å². The maximum absolute atomic E-state index is 10.9. The van der Waals surface area contributed by atoms with E-state index in [1.54, 1.807) is 13.0 Å². The zero-order valence-electron chi connectivity index (χ0n) is 9.79. The Labute approximate surface area is 90.5 Å². The van der Waals surface area contributed by atoms with Gasteiger partial charge in [-0.3, -0.25) is 9.59 Å². The van der Waals surface area contributed by atoms with E-state index in [1.165, 1.54) is 6.92 Å². The molecule has 0 aromatic carbocycles. The maximum Gasteiger partial charge on any atom is 0.302 e. The molecule has 1 aliphatic carbocycles. The number of ether oxygens (including phenoxy) is 1. The van der Waals surface area contributed by atoms with Crippen LogP contribution in [0.25, 0.3) is 0 Å². The second kappa shape index (κ2) is 4.17. The van der Waals surface area contributed by atoms with Crippen molar-refractivity contribution in [3.63, 3.8) is 0 Å². The van der Waals surface area contributed by atoms with Crippen molar-refractivity contribution < 1.29 is 14.3 Å². The van der Waals surface area contributed by atoms with Gasteiger partial charge in [0.1, 0.15) is 0 Å². The molecular weight excluding hydrogens is 192 g/mol. The number of esters is 1. The minimum atomic E-state index is -0.241. The van der Waals surface area contributed by atoms with Gasteiger partial charge in [-0.25, -0.2) is 0 Å². The third-order valence-electron chi connectivity index (χ3n) is 3.18. The van der Waals surface area contributed by atoms with Crippen molar-refractivity contribution in [3.05, 3.63) is 11.6 Å². The molecule has 1 saturated carbocycles. The predicted molar refractivity (Wildman–Crippen MR) is 57.3 cm³/mol. The fourth-order valence-electron chi connectivity index (χ4n) is 1.89. The van der Waals surface area contributed by atoms with Crippen LogP contribution in [-0.2, 0) is 14.3 Å². The number of allylic oxidation sites excluding steroid dienone is 2. The third kappa shape index (κ3) is 2.67. The molecule has 0 heterocycles. The van der Waals surface area contributed by atoms with E-state index in [1.807, 2.05) is 0 Å². The number of rotatable bonds is 3. The molecule has 15 heavy (non-hydrogen) atoms. The van der Waals surface area contributed by atoms with Gasteiger partial charge in [-0.1, -0.05) is 19.4 Å². The van der Waals surface area contributed by atoms with Crippen LogP contribution in [0, 0.1) is 11.3 Å². The molecule has 0 aromatic heterocycles. The van der Waals surface area contributed by atoms with Gasteiger partial charge in [0.15, 0.2) is 5.78 Å². The van der Waals surface area contributed by atoms with E-state index in [4.69, 9.17) is 4.74 Å². The summed E-state index contributed by atoms with van der Waals surface area (Å²) < 4.78 is 4.98. The van der Waals surface area contributed by atoms with Crippen molar-refractivity contribution in [2.75, 3.05) is 6.61 Å². The van der Waals surface area contributed by atoms with Crippen LogP contribution >= 0.6 is 0 Å². The van der Waals surface area contributed by atoms with Crippen LogP contribution in [0.1, 0.15) is 34.1 Å². The molecule has 1 unspecified atom stereocenters. The molecule has 3 nitrogen and oxygen atoms in total. The molecular formula is C12H18O3. The van der Waals surface area contributed by atoms with Crippen molar-refractivity contribution in [1.82, 2.24) is 0 Å². The summed E-state index contributed by atoms with van der Waals surface area (Å²) in [5, 5.41) is 0. The van der Waals surface area contributed by atoms with Crippen molar-refractivity contribution in [2.24, 2.45) is 11.3 Å². The van der Waals surface area contributed by atoms with E-state index in [2.05, 4.69) is 13.8 Å². The highest BCUT2D eigenvalue weighted by molar-refractivity contribution is 5.88. The van der Waals surface area contributed by atoms with Crippen LogP contribution in [0.15, 0.2) is 11.6 Å². The Hall–Kier alpha value is -1.12. The van der Waals surface area contributed by atoms with Crippen LogP contribution < -0.4 is 0 Å². The average Bonchev–Trinajstić information content (AvgIpc) is 2.09. The highest BCUT2D eigenvalue weighted by Gasteiger charge is 2.43. The molecule has 0 saturated heterocycles. The molecule has 0 aromatic rings. The molecule has 3 heteroatoms. The fraction of sp³-hybridized carbons (Fsp3) is 0.667. The van der Waals surface area contributed by atoms with Gasteiger partial charge in [0.25, 0.3) is 0 Å². The summed E-state index contributed by atoms with van der Waals surface area (Å²) >= 11 is 0. The quantitative estimate of drug-likeness (QED) is 0.529. The lowest BCUT2D eigenvalue weighted by Crippen LogP contribution is -2.41. The van der Waals surface area contributed by atoms with Crippen LogP contribution in [-0.4, -0.2) is 18.4 Å². The first-order chi connectivity index (χ1) is 6.84. The number of hydrogen-bond donors (Lipinski definition) is 0. The van der Waals surface area contributed by atoms with Crippen LogP contribution in [0.5, 0.6) is 0 Å². The summed E-state index contributed by atoms with van der Waals surface area (Å²) in [6.07, 6.45) is 2.56. The van der Waals surface area contributed by atoms with Gasteiger partial charge in [0.2, 0.25) is 0 Å². The van der Waals surface area contributed by atoms with E-state index < -0.39 is 0 Å². The van der Waals surface area contributed by atoms with Gasteiger partial charge in [-0.2, -0.15) is 0 Å². The lowest BCUT2D eigenvalue weighted by Gasteiger charge is -2.47. The molecule has 0 aliphatic heterocycles. The molecule has 84 valence electrons. The normalized spacial score (nSPS) is 25.9.